The monoisotopic (exact) mass is 684 g/mol. The third-order valence-corrected chi connectivity index (χ3v) is 9.01. The van der Waals surface area contributed by atoms with Crippen LogP contribution in [0.4, 0.5) is 5.69 Å². The smallest absolute Gasteiger partial charge is 0.220 e. The molecule has 0 fully saturated rings. The van der Waals surface area contributed by atoms with E-state index in [1.165, 1.54) is 6.92 Å². The fourth-order valence-corrected chi connectivity index (χ4v) is 6.73. The van der Waals surface area contributed by atoms with Gasteiger partial charge in [-0.15, -0.1) is 10.2 Å². The van der Waals surface area contributed by atoms with Gasteiger partial charge in [0, 0.05) is 31.6 Å². The molecule has 2 heterocycles. The minimum absolute atomic E-state index is 0.0200. The molecule has 2 aromatic carbocycles. The maximum Gasteiger partial charge on any atom is 0.220 e. The Morgan fingerprint density at radius 2 is 1.78 bits per heavy atom. The molecule has 4 aromatic rings. The molecule has 0 aliphatic heterocycles. The average molecular weight is 685 g/mol. The first-order valence-electron chi connectivity index (χ1n) is 17.3. The molecular weight excluding hydrogens is 636 g/mol. The molecule has 0 saturated carbocycles. The number of aromatic nitrogens is 3. The first-order valence-corrected chi connectivity index (χ1v) is 17.3. The lowest BCUT2D eigenvalue weighted by atomic mass is 9.95. The van der Waals surface area contributed by atoms with E-state index in [4.69, 9.17) is 14.2 Å². The van der Waals surface area contributed by atoms with Crippen molar-refractivity contribution >= 4 is 23.1 Å². The summed E-state index contributed by atoms with van der Waals surface area (Å²) in [5, 5.41) is 18.1. The lowest BCUT2D eigenvalue weighted by molar-refractivity contribution is -0.122. The molecule has 12 heteroatoms. The highest BCUT2D eigenvalue weighted by Crippen LogP contribution is 2.50. The van der Waals surface area contributed by atoms with Crippen molar-refractivity contribution in [1.29, 1.82) is 0 Å². The molecule has 1 aliphatic carbocycles. The van der Waals surface area contributed by atoms with Gasteiger partial charge in [0.1, 0.15) is 0 Å². The van der Waals surface area contributed by atoms with E-state index in [2.05, 4.69) is 40.0 Å². The summed E-state index contributed by atoms with van der Waals surface area (Å²) in [5.41, 5.74) is 4.29. The number of pyridine rings is 1. The molecular formula is C38H48N6O6. The first kappa shape index (κ1) is 36.2. The topological polar surface area (TPSA) is 145 Å². The summed E-state index contributed by atoms with van der Waals surface area (Å²) >= 11 is 0. The molecule has 266 valence electrons. The molecule has 0 spiro atoms. The summed E-state index contributed by atoms with van der Waals surface area (Å²) in [6, 6.07) is 12.4. The van der Waals surface area contributed by atoms with Crippen molar-refractivity contribution in [2.24, 2.45) is 5.92 Å². The van der Waals surface area contributed by atoms with Crippen LogP contribution in [0.5, 0.6) is 17.2 Å². The number of rotatable bonds is 15. The zero-order chi connectivity index (χ0) is 35.8. The Morgan fingerprint density at radius 3 is 2.50 bits per heavy atom. The SMILES string of the molecule is COc1cc2c(c(OC)c1OC)-c1ccc(NCCCCCC(=O)N[C@@H](CC(C)C)c3nnc4ccccn34)c(=O)cc1[C@@H](NC(C)=O)CC2. The van der Waals surface area contributed by atoms with Crippen LogP contribution in [0.1, 0.15) is 88.3 Å². The minimum Gasteiger partial charge on any atom is -0.493 e. The number of methoxy groups -OCH3 is 3. The van der Waals surface area contributed by atoms with Gasteiger partial charge in [0.05, 0.1) is 39.1 Å². The van der Waals surface area contributed by atoms with Crippen LogP contribution in [-0.2, 0) is 16.0 Å². The summed E-state index contributed by atoms with van der Waals surface area (Å²) in [4.78, 5) is 38.8. The summed E-state index contributed by atoms with van der Waals surface area (Å²) in [6.07, 6.45) is 6.58. The van der Waals surface area contributed by atoms with Crippen LogP contribution in [0.2, 0.25) is 0 Å². The number of fused-ring (bicyclic) bond motifs is 4. The van der Waals surface area contributed by atoms with Gasteiger partial charge >= 0.3 is 0 Å². The largest absolute Gasteiger partial charge is 0.493 e. The number of benzene rings is 1. The van der Waals surface area contributed by atoms with E-state index < -0.39 is 0 Å². The number of aryl methyl sites for hydroxylation is 1. The van der Waals surface area contributed by atoms with E-state index in [9.17, 15) is 14.4 Å². The Balaban J connectivity index is 1.26. The predicted molar refractivity (Wildman–Crippen MR) is 193 cm³/mol. The maximum atomic E-state index is 13.6. The molecule has 0 radical (unpaired) electrons. The van der Waals surface area contributed by atoms with Crippen molar-refractivity contribution in [3.63, 3.8) is 0 Å². The van der Waals surface area contributed by atoms with Gasteiger partial charge in [-0.3, -0.25) is 18.8 Å². The summed E-state index contributed by atoms with van der Waals surface area (Å²) in [5.74, 6) is 2.41. The second kappa shape index (κ2) is 16.5. The Morgan fingerprint density at radius 1 is 0.980 bits per heavy atom. The van der Waals surface area contributed by atoms with Crippen LogP contribution >= 0.6 is 0 Å². The molecule has 2 amide bonds. The van der Waals surface area contributed by atoms with Crippen LogP contribution in [0.3, 0.4) is 0 Å². The van der Waals surface area contributed by atoms with E-state index in [1.807, 2.05) is 40.9 Å². The summed E-state index contributed by atoms with van der Waals surface area (Å²) < 4.78 is 19.1. The second-order valence-electron chi connectivity index (χ2n) is 13.1. The lowest BCUT2D eigenvalue weighted by Gasteiger charge is -2.19. The highest BCUT2D eigenvalue weighted by Gasteiger charge is 2.29. The minimum atomic E-state index is -0.376. The Hall–Kier alpha value is -5.13. The Bertz CT molecular complexity index is 1890. The van der Waals surface area contributed by atoms with Crippen LogP contribution in [0, 0.1) is 5.92 Å². The molecule has 2 aromatic heterocycles. The molecule has 3 N–H and O–H groups in total. The van der Waals surface area contributed by atoms with Gasteiger partial charge in [-0.1, -0.05) is 32.4 Å². The fraction of sp³-hybridized carbons (Fsp3) is 0.447. The number of ether oxygens (including phenoxy) is 3. The average Bonchev–Trinajstić information content (AvgIpc) is 3.39. The third-order valence-electron chi connectivity index (χ3n) is 9.01. The molecule has 2 atom stereocenters. The second-order valence-corrected chi connectivity index (χ2v) is 13.1. The number of carbonyl (C=O) groups excluding carboxylic acids is 2. The number of hydrogen-bond donors (Lipinski definition) is 3. The third kappa shape index (κ3) is 8.18. The van der Waals surface area contributed by atoms with Gasteiger partial charge in [0.2, 0.25) is 23.0 Å². The lowest BCUT2D eigenvalue weighted by Crippen LogP contribution is -2.30. The predicted octanol–water partition coefficient (Wildman–Crippen LogP) is 5.78. The standard InChI is InChI=1S/C38H48N6O6/c1-23(2)20-30(38-43-42-33-12-9-11-19-44(33)38)41-34(47)13-8-7-10-18-39-29-17-15-26-27(22-31(29)46)28(40-24(3)45)16-14-25-21-32(48-4)36(49-5)37(50-6)35(25)26/h9,11-12,15,17,19,21-23,28,30H,7-8,10,13-14,16,18,20H2,1-6H3,(H,39,46)(H,40,45)(H,41,47)/t28-,30-/m0/s1. The number of hydrogen-bond acceptors (Lipinski definition) is 9. The van der Waals surface area contributed by atoms with Crippen LogP contribution in [0.25, 0.3) is 16.8 Å². The fourth-order valence-electron chi connectivity index (χ4n) is 6.73. The first-order chi connectivity index (χ1) is 24.1. The highest BCUT2D eigenvalue weighted by molar-refractivity contribution is 5.84. The Labute approximate surface area is 292 Å². The molecule has 1 aliphatic rings. The molecule has 0 unspecified atom stereocenters. The molecule has 5 rings (SSSR count). The number of anilines is 1. The van der Waals surface area contributed by atoms with Gasteiger partial charge in [-0.05, 0) is 85.0 Å². The number of nitrogens with zero attached hydrogens (tertiary/aromatic N) is 3. The number of nitrogens with one attached hydrogen (secondary N) is 3. The number of amides is 2. The van der Waals surface area contributed by atoms with Crippen molar-refractivity contribution < 1.29 is 23.8 Å². The van der Waals surface area contributed by atoms with E-state index in [0.717, 1.165) is 47.4 Å². The van der Waals surface area contributed by atoms with Gasteiger partial charge in [-0.2, -0.15) is 0 Å². The Kier molecular flexibility index (Phi) is 11.9. The van der Waals surface area contributed by atoms with Gasteiger partial charge in [0.25, 0.3) is 0 Å². The number of unbranched alkanes of at least 4 members (excludes halogenated alkanes) is 2. The summed E-state index contributed by atoms with van der Waals surface area (Å²) in [7, 11) is 4.72. The van der Waals surface area contributed by atoms with Gasteiger partial charge < -0.3 is 30.2 Å². The van der Waals surface area contributed by atoms with Crippen molar-refractivity contribution in [2.75, 3.05) is 33.2 Å². The summed E-state index contributed by atoms with van der Waals surface area (Å²) in [6.45, 7) is 6.29. The van der Waals surface area contributed by atoms with Crippen molar-refractivity contribution in [2.45, 2.75) is 77.8 Å². The zero-order valence-corrected chi connectivity index (χ0v) is 29.8. The van der Waals surface area contributed by atoms with Gasteiger partial charge in [-0.25, -0.2) is 0 Å². The molecule has 0 saturated heterocycles. The van der Waals surface area contributed by atoms with Crippen LogP contribution in [0.15, 0.2) is 53.5 Å². The van der Waals surface area contributed by atoms with E-state index >= 15 is 0 Å². The van der Waals surface area contributed by atoms with Gasteiger partial charge in [0.15, 0.2) is 23.0 Å². The maximum absolute atomic E-state index is 13.6. The highest BCUT2D eigenvalue weighted by atomic mass is 16.5. The quantitative estimate of drug-likeness (QED) is 0.133. The van der Waals surface area contributed by atoms with Crippen molar-refractivity contribution in [3.8, 4) is 28.4 Å². The molecule has 12 nitrogen and oxygen atoms in total. The normalized spacial score (nSPS) is 14.3. The van der Waals surface area contributed by atoms with E-state index in [-0.39, 0.29) is 29.3 Å². The van der Waals surface area contributed by atoms with Crippen LogP contribution < -0.4 is 35.6 Å². The van der Waals surface area contributed by atoms with Crippen LogP contribution in [-0.4, -0.2) is 54.3 Å². The molecule has 50 heavy (non-hydrogen) atoms. The van der Waals surface area contributed by atoms with Crippen molar-refractivity contribution in [3.05, 3.63) is 75.8 Å². The molecule has 0 bridgehead atoms. The number of carbonyl (C=O) groups is 2. The van der Waals surface area contributed by atoms with E-state index in [0.29, 0.717) is 66.6 Å². The zero-order valence-electron chi connectivity index (χ0n) is 29.8. The van der Waals surface area contributed by atoms with E-state index in [1.54, 1.807) is 33.5 Å². The van der Waals surface area contributed by atoms with Crippen molar-refractivity contribution in [1.82, 2.24) is 25.2 Å².